The molecule has 1 aliphatic heterocycles. The van der Waals surface area contributed by atoms with Gasteiger partial charge in [0.1, 0.15) is 6.61 Å². The third-order valence-corrected chi connectivity index (χ3v) is 6.22. The summed E-state index contributed by atoms with van der Waals surface area (Å²) in [7, 11) is 0. The van der Waals surface area contributed by atoms with E-state index in [1.807, 2.05) is 90.7 Å². The molecule has 1 aliphatic rings. The molecule has 0 aromatic heterocycles. The Kier molecular flexibility index (Phi) is 7.40. The van der Waals surface area contributed by atoms with Crippen molar-refractivity contribution in [2.75, 3.05) is 0 Å². The molecule has 3 aromatic rings. The van der Waals surface area contributed by atoms with Gasteiger partial charge in [-0.3, -0.25) is 4.79 Å². The Morgan fingerprint density at radius 3 is 2.09 bits per heavy atom. The maximum Gasteiger partial charge on any atom is 0.407 e. The van der Waals surface area contributed by atoms with Crippen LogP contribution in [0.15, 0.2) is 91.0 Å². The Morgan fingerprint density at radius 2 is 1.48 bits per heavy atom. The summed E-state index contributed by atoms with van der Waals surface area (Å²) in [6, 6.07) is 29.7. The first kappa shape index (κ1) is 22.6. The molecule has 5 heteroatoms. The largest absolute Gasteiger partial charge is 0.445 e. The van der Waals surface area contributed by atoms with E-state index in [0.717, 1.165) is 23.1 Å². The standard InChI is InChI=1S/C28H30N2O3/c1-2-24(29-28(32)33-20-22-14-8-4-9-15-22)18-25-26(23-16-10-5-11-17-23)30(27(25)31)19-21-12-6-3-7-13-21/h3-17,24-26H,2,18-20H2,1H3,(H,29,32)/t24-,25-,26+/m1/s1. The molecule has 4 rings (SSSR count). The molecule has 0 aliphatic carbocycles. The molecule has 33 heavy (non-hydrogen) atoms. The molecule has 170 valence electrons. The number of nitrogens with one attached hydrogen (secondary N) is 1. The van der Waals surface area contributed by atoms with Crippen LogP contribution in [0.3, 0.4) is 0 Å². The maximum atomic E-state index is 13.2. The maximum absolute atomic E-state index is 13.2. The van der Waals surface area contributed by atoms with Crippen molar-refractivity contribution in [3.05, 3.63) is 108 Å². The van der Waals surface area contributed by atoms with Gasteiger partial charge in [0.15, 0.2) is 0 Å². The number of β-lactam (4-membered cyclic amide) rings is 1. The molecule has 5 nitrogen and oxygen atoms in total. The first-order valence-corrected chi connectivity index (χ1v) is 11.5. The molecule has 0 radical (unpaired) electrons. The van der Waals surface area contributed by atoms with Gasteiger partial charge in [0.25, 0.3) is 0 Å². The van der Waals surface area contributed by atoms with Gasteiger partial charge in [0.05, 0.1) is 12.0 Å². The Hall–Kier alpha value is -3.60. The normalized spacial score (nSPS) is 18.3. The smallest absolute Gasteiger partial charge is 0.407 e. The average Bonchev–Trinajstić information content (AvgIpc) is 2.87. The van der Waals surface area contributed by atoms with Crippen LogP contribution in [-0.2, 0) is 22.7 Å². The number of hydrogen-bond acceptors (Lipinski definition) is 3. The van der Waals surface area contributed by atoms with Crippen LogP contribution >= 0.6 is 0 Å². The van der Waals surface area contributed by atoms with Crippen LogP contribution in [0.25, 0.3) is 0 Å². The second-order valence-electron chi connectivity index (χ2n) is 8.46. The van der Waals surface area contributed by atoms with Crippen molar-refractivity contribution < 1.29 is 14.3 Å². The number of rotatable bonds is 9. The number of hydrogen-bond donors (Lipinski definition) is 1. The van der Waals surface area contributed by atoms with E-state index in [2.05, 4.69) is 17.4 Å². The van der Waals surface area contributed by atoms with E-state index in [9.17, 15) is 9.59 Å². The molecule has 1 N–H and O–H groups in total. The Labute approximate surface area is 195 Å². The SMILES string of the molecule is CC[C@H](C[C@H]1C(=O)N(Cc2ccccc2)[C@H]1c1ccccc1)NC(=O)OCc1ccccc1. The Balaban J connectivity index is 1.41. The summed E-state index contributed by atoms with van der Waals surface area (Å²) in [5.74, 6) is -0.0407. The Bertz CT molecular complexity index is 1040. The number of carbonyl (C=O) groups is 2. The first-order chi connectivity index (χ1) is 16.2. The van der Waals surface area contributed by atoms with E-state index >= 15 is 0 Å². The molecule has 3 atom stereocenters. The summed E-state index contributed by atoms with van der Waals surface area (Å²) < 4.78 is 5.39. The zero-order chi connectivity index (χ0) is 23.0. The number of amides is 2. The Morgan fingerprint density at radius 1 is 0.909 bits per heavy atom. The van der Waals surface area contributed by atoms with E-state index in [1.54, 1.807) is 0 Å². The average molecular weight is 443 g/mol. The summed E-state index contributed by atoms with van der Waals surface area (Å²) >= 11 is 0. The van der Waals surface area contributed by atoms with Gasteiger partial charge >= 0.3 is 6.09 Å². The van der Waals surface area contributed by atoms with E-state index in [4.69, 9.17) is 4.74 Å². The molecular weight excluding hydrogens is 412 g/mol. The van der Waals surface area contributed by atoms with Gasteiger partial charge in [-0.2, -0.15) is 0 Å². The molecular formula is C28H30N2O3. The molecule has 0 spiro atoms. The lowest BCUT2D eigenvalue weighted by atomic mass is 9.78. The molecule has 0 saturated carbocycles. The van der Waals surface area contributed by atoms with Crippen LogP contribution in [0.4, 0.5) is 4.79 Å². The van der Waals surface area contributed by atoms with Gasteiger partial charge < -0.3 is 15.0 Å². The van der Waals surface area contributed by atoms with Crippen LogP contribution in [0.2, 0.25) is 0 Å². The van der Waals surface area contributed by atoms with Gasteiger partial charge in [-0.25, -0.2) is 4.79 Å². The third kappa shape index (κ3) is 5.61. The van der Waals surface area contributed by atoms with Crippen molar-refractivity contribution in [3.63, 3.8) is 0 Å². The minimum Gasteiger partial charge on any atom is -0.445 e. The summed E-state index contributed by atoms with van der Waals surface area (Å²) in [5, 5.41) is 2.96. The minimum atomic E-state index is -0.449. The molecule has 0 unspecified atom stereocenters. The molecule has 1 saturated heterocycles. The van der Waals surface area contributed by atoms with Crippen molar-refractivity contribution in [1.82, 2.24) is 10.2 Å². The highest BCUT2D eigenvalue weighted by molar-refractivity contribution is 5.86. The topological polar surface area (TPSA) is 58.6 Å². The van der Waals surface area contributed by atoms with Crippen molar-refractivity contribution in [2.45, 2.75) is 45.0 Å². The summed E-state index contributed by atoms with van der Waals surface area (Å²) in [6.45, 7) is 2.83. The van der Waals surface area contributed by atoms with E-state index < -0.39 is 6.09 Å². The number of likely N-dealkylation sites (tertiary alicyclic amines) is 1. The van der Waals surface area contributed by atoms with Gasteiger partial charge in [-0.05, 0) is 29.5 Å². The van der Waals surface area contributed by atoms with Crippen LogP contribution in [-0.4, -0.2) is 22.9 Å². The van der Waals surface area contributed by atoms with E-state index in [0.29, 0.717) is 13.0 Å². The van der Waals surface area contributed by atoms with Crippen molar-refractivity contribution in [3.8, 4) is 0 Å². The predicted molar refractivity (Wildman–Crippen MR) is 128 cm³/mol. The molecule has 3 aromatic carbocycles. The lowest BCUT2D eigenvalue weighted by Gasteiger charge is -2.48. The fraction of sp³-hybridized carbons (Fsp3) is 0.286. The first-order valence-electron chi connectivity index (χ1n) is 11.5. The second-order valence-corrected chi connectivity index (χ2v) is 8.46. The van der Waals surface area contributed by atoms with Crippen molar-refractivity contribution in [2.24, 2.45) is 5.92 Å². The number of nitrogens with zero attached hydrogens (tertiary/aromatic N) is 1. The lowest BCUT2D eigenvalue weighted by molar-refractivity contribution is -0.159. The highest BCUT2D eigenvalue weighted by atomic mass is 16.5. The minimum absolute atomic E-state index is 0.00454. The summed E-state index contributed by atoms with van der Waals surface area (Å²) in [4.78, 5) is 27.5. The van der Waals surface area contributed by atoms with Crippen LogP contribution < -0.4 is 5.32 Å². The highest BCUT2D eigenvalue weighted by Gasteiger charge is 2.48. The summed E-state index contributed by atoms with van der Waals surface area (Å²) in [5.41, 5.74) is 3.18. The number of alkyl carbamates (subject to hydrolysis) is 1. The van der Waals surface area contributed by atoms with Gasteiger partial charge in [0.2, 0.25) is 5.91 Å². The molecule has 1 fully saturated rings. The fourth-order valence-corrected chi connectivity index (χ4v) is 4.43. The molecule has 1 heterocycles. The van der Waals surface area contributed by atoms with Crippen molar-refractivity contribution in [1.29, 1.82) is 0 Å². The zero-order valence-electron chi connectivity index (χ0n) is 18.9. The predicted octanol–water partition coefficient (Wildman–Crippen LogP) is 5.48. The second kappa shape index (κ2) is 10.8. The van der Waals surface area contributed by atoms with Gasteiger partial charge in [-0.1, -0.05) is 97.9 Å². The van der Waals surface area contributed by atoms with E-state index in [-0.39, 0.29) is 30.5 Å². The fourth-order valence-electron chi connectivity index (χ4n) is 4.43. The lowest BCUT2D eigenvalue weighted by Crippen LogP contribution is -2.56. The third-order valence-electron chi connectivity index (χ3n) is 6.22. The highest BCUT2D eigenvalue weighted by Crippen LogP contribution is 2.43. The van der Waals surface area contributed by atoms with Gasteiger partial charge in [-0.15, -0.1) is 0 Å². The van der Waals surface area contributed by atoms with Crippen LogP contribution in [0, 0.1) is 5.92 Å². The number of carbonyl (C=O) groups excluding carboxylic acids is 2. The van der Waals surface area contributed by atoms with Crippen molar-refractivity contribution >= 4 is 12.0 Å². The van der Waals surface area contributed by atoms with E-state index in [1.165, 1.54) is 0 Å². The zero-order valence-corrected chi connectivity index (χ0v) is 18.9. The van der Waals surface area contributed by atoms with Crippen LogP contribution in [0.1, 0.15) is 42.5 Å². The number of benzene rings is 3. The quantitative estimate of drug-likeness (QED) is 0.446. The summed E-state index contributed by atoms with van der Waals surface area (Å²) in [6.07, 6.45) is 0.861. The van der Waals surface area contributed by atoms with Crippen LogP contribution in [0.5, 0.6) is 0 Å². The number of ether oxygens (including phenoxy) is 1. The molecule has 2 amide bonds. The van der Waals surface area contributed by atoms with Gasteiger partial charge in [0, 0.05) is 12.6 Å². The molecule has 0 bridgehead atoms. The monoisotopic (exact) mass is 442 g/mol.